The fourth-order valence-electron chi connectivity index (χ4n) is 2.05. The lowest BCUT2D eigenvalue weighted by molar-refractivity contribution is 0.00578. The Kier molecular flexibility index (Phi) is 4.15. The molecule has 21 heavy (non-hydrogen) atoms. The van der Waals surface area contributed by atoms with Gasteiger partial charge in [-0.2, -0.15) is 0 Å². The van der Waals surface area contributed by atoms with Crippen molar-refractivity contribution in [3.63, 3.8) is 0 Å². The molecule has 1 heterocycles. The Morgan fingerprint density at radius 1 is 1.29 bits per heavy atom. The lowest BCUT2D eigenvalue weighted by Crippen LogP contribution is -2.41. The normalized spacial score (nSPS) is 20.9. The summed E-state index contributed by atoms with van der Waals surface area (Å²) in [6, 6.07) is 4.12. The van der Waals surface area contributed by atoms with Crippen LogP contribution in [0.1, 0.15) is 33.3 Å². The molecule has 0 amide bonds. The highest BCUT2D eigenvalue weighted by Crippen LogP contribution is 2.38. The van der Waals surface area contributed by atoms with Crippen LogP contribution in [0.5, 0.6) is 5.75 Å². The van der Waals surface area contributed by atoms with Gasteiger partial charge in [0.2, 0.25) is 0 Å². The van der Waals surface area contributed by atoms with Crippen molar-refractivity contribution in [1.82, 2.24) is 0 Å². The Balaban J connectivity index is 2.28. The predicted molar refractivity (Wildman–Crippen MR) is 81.2 cm³/mol. The van der Waals surface area contributed by atoms with Gasteiger partial charge >= 0.3 is 7.12 Å². The Hall–Kier alpha value is -1.37. The van der Waals surface area contributed by atoms with Gasteiger partial charge in [-0.05, 0) is 50.9 Å². The van der Waals surface area contributed by atoms with Crippen molar-refractivity contribution in [2.24, 2.45) is 5.73 Å². The maximum Gasteiger partial charge on any atom is 0.491 e. The summed E-state index contributed by atoms with van der Waals surface area (Å²) in [6.45, 7) is 8.10. The minimum Gasteiger partial charge on any atom is -0.505 e. The number of hydrogen-bond acceptors (Lipinski definition) is 4. The van der Waals surface area contributed by atoms with Crippen molar-refractivity contribution in [3.05, 3.63) is 35.1 Å². The molecular weight excluding hydrogens is 272 g/mol. The van der Waals surface area contributed by atoms with E-state index in [0.29, 0.717) is 5.56 Å². The van der Waals surface area contributed by atoms with E-state index >= 15 is 0 Å². The Morgan fingerprint density at radius 2 is 1.86 bits per heavy atom. The number of phenolic OH excluding ortho intramolecular Hbond substituents is 1. The lowest BCUT2D eigenvalue weighted by Gasteiger charge is -2.32. The van der Waals surface area contributed by atoms with E-state index in [2.05, 4.69) is 0 Å². The topological polar surface area (TPSA) is 64.7 Å². The number of aromatic hydroxyl groups is 1. The molecule has 4 nitrogen and oxygen atoms in total. The zero-order valence-corrected chi connectivity index (χ0v) is 12.8. The van der Waals surface area contributed by atoms with E-state index in [4.69, 9.17) is 15.0 Å². The molecule has 0 aromatic heterocycles. The minimum absolute atomic E-state index is 0.245. The van der Waals surface area contributed by atoms with Crippen molar-refractivity contribution in [3.8, 4) is 5.75 Å². The second-order valence-electron chi connectivity index (χ2n) is 6.22. The van der Waals surface area contributed by atoms with Crippen LogP contribution in [0.2, 0.25) is 0 Å². The van der Waals surface area contributed by atoms with Gasteiger partial charge in [0.05, 0.1) is 11.2 Å². The smallest absolute Gasteiger partial charge is 0.491 e. The molecule has 1 aromatic rings. The van der Waals surface area contributed by atoms with Gasteiger partial charge in [-0.1, -0.05) is 12.1 Å². The molecule has 114 valence electrons. The average Bonchev–Trinajstić information content (AvgIpc) is 2.59. The first-order valence-electron chi connectivity index (χ1n) is 6.91. The van der Waals surface area contributed by atoms with Gasteiger partial charge in [0.15, 0.2) is 11.6 Å². The molecule has 0 saturated carbocycles. The molecule has 0 aliphatic carbocycles. The van der Waals surface area contributed by atoms with Gasteiger partial charge < -0.3 is 20.1 Å². The third-order valence-corrected chi connectivity index (χ3v) is 4.11. The van der Waals surface area contributed by atoms with Gasteiger partial charge in [0, 0.05) is 6.54 Å². The third-order valence-electron chi connectivity index (χ3n) is 4.11. The molecule has 0 bridgehead atoms. The van der Waals surface area contributed by atoms with Crippen molar-refractivity contribution in [2.75, 3.05) is 6.54 Å². The maximum absolute atomic E-state index is 13.1. The number of benzene rings is 1. The first-order chi connectivity index (χ1) is 9.66. The predicted octanol–water partition coefficient (Wildman–Crippen LogP) is 2.50. The molecule has 1 aromatic carbocycles. The molecule has 0 radical (unpaired) electrons. The van der Waals surface area contributed by atoms with Gasteiger partial charge in [0.1, 0.15) is 0 Å². The second kappa shape index (κ2) is 5.44. The van der Waals surface area contributed by atoms with Crippen molar-refractivity contribution < 1.29 is 18.8 Å². The minimum atomic E-state index is -0.655. The molecule has 3 N–H and O–H groups in total. The molecular formula is C15H21BFNO3. The summed E-state index contributed by atoms with van der Waals surface area (Å²) in [5, 5.41) is 9.42. The fourth-order valence-corrected chi connectivity index (χ4v) is 2.05. The van der Waals surface area contributed by atoms with Crippen LogP contribution in [0, 0.1) is 5.82 Å². The van der Waals surface area contributed by atoms with Crippen LogP contribution in [0.4, 0.5) is 4.39 Å². The van der Waals surface area contributed by atoms with E-state index in [1.165, 1.54) is 12.1 Å². The summed E-state index contributed by atoms with van der Waals surface area (Å²) in [5.41, 5.74) is 6.26. The zero-order chi connectivity index (χ0) is 15.8. The molecule has 6 heteroatoms. The number of halogens is 1. The highest BCUT2D eigenvalue weighted by molar-refractivity contribution is 6.55. The monoisotopic (exact) mass is 293 g/mol. The lowest BCUT2D eigenvalue weighted by atomic mass is 9.77. The Bertz CT molecular complexity index is 556. The number of rotatable bonds is 3. The Morgan fingerprint density at radius 3 is 2.33 bits per heavy atom. The van der Waals surface area contributed by atoms with E-state index in [0.717, 1.165) is 5.47 Å². The van der Waals surface area contributed by atoms with Gasteiger partial charge in [-0.3, -0.25) is 0 Å². The third kappa shape index (κ3) is 3.12. The van der Waals surface area contributed by atoms with Crippen LogP contribution in [0.3, 0.4) is 0 Å². The molecule has 2 rings (SSSR count). The summed E-state index contributed by atoms with van der Waals surface area (Å²) in [4.78, 5) is 0. The first-order valence-corrected chi connectivity index (χ1v) is 6.91. The molecule has 0 atom stereocenters. The second-order valence-corrected chi connectivity index (χ2v) is 6.22. The molecule has 1 fully saturated rings. The SMILES string of the molecule is CC1(C)OB(C(=Cc2ccc(F)c(O)c2)CN)OC1(C)C. The van der Waals surface area contributed by atoms with Gasteiger partial charge in [0.25, 0.3) is 0 Å². The van der Waals surface area contributed by atoms with Crippen LogP contribution in [0.15, 0.2) is 23.7 Å². The quantitative estimate of drug-likeness (QED) is 0.840. The van der Waals surface area contributed by atoms with Gasteiger partial charge in [-0.25, -0.2) is 4.39 Å². The van der Waals surface area contributed by atoms with E-state index < -0.39 is 29.9 Å². The molecule has 0 spiro atoms. The maximum atomic E-state index is 13.1. The van der Waals surface area contributed by atoms with Crippen LogP contribution >= 0.6 is 0 Å². The van der Waals surface area contributed by atoms with Crippen molar-refractivity contribution in [2.45, 2.75) is 38.9 Å². The van der Waals surface area contributed by atoms with Crippen LogP contribution < -0.4 is 5.73 Å². The molecule has 1 aliphatic rings. The number of hydrogen-bond donors (Lipinski definition) is 2. The summed E-state index contributed by atoms with van der Waals surface area (Å²) < 4.78 is 24.9. The zero-order valence-electron chi connectivity index (χ0n) is 12.8. The standard InChI is InChI=1S/C15H21BFNO3/c1-14(2)15(3,4)21-16(20-14)11(9-18)7-10-5-6-12(17)13(19)8-10/h5-8,19H,9,18H2,1-4H3. The molecule has 1 aliphatic heterocycles. The van der Waals surface area contributed by atoms with Crippen molar-refractivity contribution in [1.29, 1.82) is 0 Å². The van der Waals surface area contributed by atoms with E-state index in [1.54, 1.807) is 12.1 Å². The van der Waals surface area contributed by atoms with Crippen LogP contribution in [-0.4, -0.2) is 30.0 Å². The summed E-state index contributed by atoms with van der Waals surface area (Å²) in [6.07, 6.45) is 1.75. The fraction of sp³-hybridized carbons (Fsp3) is 0.467. The average molecular weight is 293 g/mol. The van der Waals surface area contributed by atoms with Crippen LogP contribution in [0.25, 0.3) is 6.08 Å². The van der Waals surface area contributed by atoms with E-state index in [-0.39, 0.29) is 6.54 Å². The highest BCUT2D eigenvalue weighted by Gasteiger charge is 2.52. The van der Waals surface area contributed by atoms with Gasteiger partial charge in [-0.15, -0.1) is 0 Å². The summed E-state index contributed by atoms with van der Waals surface area (Å²) in [5.74, 6) is -1.05. The first kappa shape index (κ1) is 16.0. The largest absolute Gasteiger partial charge is 0.505 e. The number of phenols is 1. The summed E-state index contributed by atoms with van der Waals surface area (Å²) >= 11 is 0. The molecule has 1 saturated heterocycles. The van der Waals surface area contributed by atoms with Crippen molar-refractivity contribution >= 4 is 13.2 Å². The number of nitrogens with two attached hydrogens (primary N) is 1. The van der Waals surface area contributed by atoms with E-state index in [1.807, 2.05) is 27.7 Å². The highest BCUT2D eigenvalue weighted by atomic mass is 19.1. The van der Waals surface area contributed by atoms with E-state index in [9.17, 15) is 9.50 Å². The van der Waals surface area contributed by atoms with Crippen LogP contribution in [-0.2, 0) is 9.31 Å². The summed E-state index contributed by atoms with van der Waals surface area (Å²) in [7, 11) is -0.549. The molecule has 0 unspecified atom stereocenters. The Labute approximate surface area is 124 Å².